The quantitative estimate of drug-likeness (QED) is 0.317. The number of aliphatic hydroxyl groups excluding tert-OH is 1. The first-order valence-corrected chi connectivity index (χ1v) is 8.72. The molecular formula is C19H32O6. The molecule has 2 unspecified atom stereocenters. The van der Waals surface area contributed by atoms with Crippen LogP contribution in [0.5, 0.6) is 0 Å². The summed E-state index contributed by atoms with van der Waals surface area (Å²) in [7, 11) is 0. The Kier molecular flexibility index (Phi) is 10.3. The fourth-order valence-electron chi connectivity index (χ4n) is 2.52. The standard InChI is InChI=1S/C19H32O6/c1-7-9-15(12-20)11-16(10-8-2)19(23,24-17(21)13(3)4)25-18(22)14(5)6/h15-16,20,23H,3,5,7-12H2,1-2,4,6H3. The smallest absolute Gasteiger partial charge is 0.376 e. The molecule has 2 N–H and O–H groups in total. The molecule has 0 saturated heterocycles. The second-order valence-corrected chi connectivity index (χ2v) is 6.53. The fourth-order valence-corrected chi connectivity index (χ4v) is 2.52. The molecule has 0 bridgehead atoms. The van der Waals surface area contributed by atoms with Gasteiger partial charge in [0.05, 0.1) is 5.92 Å². The number of carbonyl (C=O) groups is 2. The molecule has 0 radical (unpaired) electrons. The Balaban J connectivity index is 5.64. The van der Waals surface area contributed by atoms with Crippen LogP contribution in [0.2, 0.25) is 0 Å². The van der Waals surface area contributed by atoms with Crippen LogP contribution in [0.1, 0.15) is 59.8 Å². The number of rotatable bonds is 12. The number of ether oxygens (including phenoxy) is 2. The van der Waals surface area contributed by atoms with E-state index in [4.69, 9.17) is 9.47 Å². The minimum Gasteiger partial charge on any atom is -0.396 e. The molecule has 0 amide bonds. The van der Waals surface area contributed by atoms with Crippen molar-refractivity contribution in [2.75, 3.05) is 6.61 Å². The highest BCUT2D eigenvalue weighted by atomic mass is 16.8. The molecule has 0 aromatic carbocycles. The third-order valence-corrected chi connectivity index (χ3v) is 3.90. The third kappa shape index (κ3) is 7.84. The summed E-state index contributed by atoms with van der Waals surface area (Å²) in [5, 5.41) is 20.5. The van der Waals surface area contributed by atoms with Gasteiger partial charge in [-0.25, -0.2) is 9.59 Å². The summed E-state index contributed by atoms with van der Waals surface area (Å²) < 4.78 is 10.2. The molecule has 0 heterocycles. The van der Waals surface area contributed by atoms with Crippen molar-refractivity contribution in [2.45, 2.75) is 65.8 Å². The van der Waals surface area contributed by atoms with Crippen molar-refractivity contribution < 1.29 is 29.3 Å². The average molecular weight is 356 g/mol. The molecule has 0 fully saturated rings. The second-order valence-electron chi connectivity index (χ2n) is 6.53. The molecule has 144 valence electrons. The summed E-state index contributed by atoms with van der Waals surface area (Å²) in [6.45, 7) is 13.7. The van der Waals surface area contributed by atoms with Crippen LogP contribution in [-0.4, -0.2) is 34.7 Å². The van der Waals surface area contributed by atoms with E-state index in [2.05, 4.69) is 13.2 Å². The van der Waals surface area contributed by atoms with Gasteiger partial charge in [0.2, 0.25) is 0 Å². The van der Waals surface area contributed by atoms with E-state index < -0.39 is 23.8 Å². The maximum atomic E-state index is 12.0. The number of carbonyl (C=O) groups excluding carboxylic acids is 2. The summed E-state index contributed by atoms with van der Waals surface area (Å²) >= 11 is 0. The predicted octanol–water partition coefficient (Wildman–Crippen LogP) is 3.09. The van der Waals surface area contributed by atoms with Crippen LogP contribution in [0.3, 0.4) is 0 Å². The first-order chi connectivity index (χ1) is 11.6. The van der Waals surface area contributed by atoms with Gasteiger partial charge < -0.3 is 19.7 Å². The number of hydrogen-bond acceptors (Lipinski definition) is 6. The van der Waals surface area contributed by atoms with Crippen LogP contribution < -0.4 is 0 Å². The van der Waals surface area contributed by atoms with Gasteiger partial charge in [-0.15, -0.1) is 0 Å². The SMILES string of the molecule is C=C(C)C(=O)OC(O)(OC(=O)C(=C)C)C(CCC)CC(CO)CCC. The monoisotopic (exact) mass is 356 g/mol. The molecule has 6 heteroatoms. The van der Waals surface area contributed by atoms with Gasteiger partial charge in [0.25, 0.3) is 0 Å². The van der Waals surface area contributed by atoms with E-state index in [1.807, 2.05) is 13.8 Å². The highest BCUT2D eigenvalue weighted by Crippen LogP contribution is 2.33. The normalized spacial score (nSPS) is 13.7. The van der Waals surface area contributed by atoms with E-state index in [0.29, 0.717) is 19.3 Å². The van der Waals surface area contributed by atoms with Crippen molar-refractivity contribution in [1.29, 1.82) is 0 Å². The Morgan fingerprint density at radius 1 is 1.00 bits per heavy atom. The molecule has 25 heavy (non-hydrogen) atoms. The first kappa shape index (κ1) is 23.3. The number of esters is 2. The van der Waals surface area contributed by atoms with Gasteiger partial charge in [0.15, 0.2) is 0 Å². The Bertz CT molecular complexity index is 454. The van der Waals surface area contributed by atoms with Crippen LogP contribution in [0.15, 0.2) is 24.3 Å². The van der Waals surface area contributed by atoms with Crippen LogP contribution in [0.25, 0.3) is 0 Å². The summed E-state index contributed by atoms with van der Waals surface area (Å²) in [4.78, 5) is 23.9. The van der Waals surface area contributed by atoms with Gasteiger partial charge in [0, 0.05) is 17.8 Å². The zero-order chi connectivity index (χ0) is 19.6. The topological polar surface area (TPSA) is 93.1 Å². The van der Waals surface area contributed by atoms with Crippen LogP contribution in [0.4, 0.5) is 0 Å². The highest BCUT2D eigenvalue weighted by molar-refractivity contribution is 5.88. The van der Waals surface area contributed by atoms with Crippen molar-refractivity contribution in [3.05, 3.63) is 24.3 Å². The van der Waals surface area contributed by atoms with E-state index in [0.717, 1.165) is 12.8 Å². The number of hydrogen-bond donors (Lipinski definition) is 2. The van der Waals surface area contributed by atoms with Gasteiger partial charge in [-0.1, -0.05) is 39.8 Å². The van der Waals surface area contributed by atoms with Crippen LogP contribution >= 0.6 is 0 Å². The molecule has 0 aliphatic carbocycles. The third-order valence-electron chi connectivity index (χ3n) is 3.90. The highest BCUT2D eigenvalue weighted by Gasteiger charge is 2.45. The van der Waals surface area contributed by atoms with Crippen LogP contribution in [0, 0.1) is 11.8 Å². The van der Waals surface area contributed by atoms with Gasteiger partial charge in [0.1, 0.15) is 0 Å². The van der Waals surface area contributed by atoms with Crippen molar-refractivity contribution in [2.24, 2.45) is 11.8 Å². The summed E-state index contributed by atoms with van der Waals surface area (Å²) in [5.74, 6) is -4.90. The molecule has 2 atom stereocenters. The minimum atomic E-state index is -2.43. The molecule has 6 nitrogen and oxygen atoms in total. The Hall–Kier alpha value is -1.66. The summed E-state index contributed by atoms with van der Waals surface area (Å²) in [6.07, 6.45) is 3.08. The maximum Gasteiger partial charge on any atom is 0.376 e. The van der Waals surface area contributed by atoms with Gasteiger partial charge >= 0.3 is 17.9 Å². The largest absolute Gasteiger partial charge is 0.396 e. The van der Waals surface area contributed by atoms with Crippen molar-refractivity contribution in [1.82, 2.24) is 0 Å². The van der Waals surface area contributed by atoms with E-state index in [9.17, 15) is 19.8 Å². The molecule has 0 rings (SSSR count). The van der Waals surface area contributed by atoms with Gasteiger partial charge in [-0.3, -0.25) is 0 Å². The Morgan fingerprint density at radius 3 is 1.76 bits per heavy atom. The van der Waals surface area contributed by atoms with Crippen molar-refractivity contribution >= 4 is 11.9 Å². The zero-order valence-electron chi connectivity index (χ0n) is 15.8. The molecule has 0 saturated carbocycles. The number of aliphatic hydroxyl groups is 2. The van der Waals surface area contributed by atoms with Gasteiger partial charge in [-0.05, 0) is 39.0 Å². The van der Waals surface area contributed by atoms with E-state index in [-0.39, 0.29) is 23.7 Å². The lowest BCUT2D eigenvalue weighted by Gasteiger charge is -2.35. The second kappa shape index (κ2) is 11.1. The van der Waals surface area contributed by atoms with Crippen molar-refractivity contribution in [3.63, 3.8) is 0 Å². The predicted molar refractivity (Wildman–Crippen MR) is 95.3 cm³/mol. The molecule has 0 aromatic heterocycles. The first-order valence-electron chi connectivity index (χ1n) is 8.72. The van der Waals surface area contributed by atoms with Gasteiger partial charge in [-0.2, -0.15) is 0 Å². The van der Waals surface area contributed by atoms with E-state index in [1.54, 1.807) is 0 Å². The fraction of sp³-hybridized carbons (Fsp3) is 0.684. The van der Waals surface area contributed by atoms with E-state index in [1.165, 1.54) is 13.8 Å². The summed E-state index contributed by atoms with van der Waals surface area (Å²) in [6, 6.07) is 0. The molecule has 0 aliphatic heterocycles. The summed E-state index contributed by atoms with van der Waals surface area (Å²) in [5.41, 5.74) is 0.152. The average Bonchev–Trinajstić information content (AvgIpc) is 2.53. The lowest BCUT2D eigenvalue weighted by atomic mass is 9.87. The molecule has 0 aliphatic rings. The zero-order valence-corrected chi connectivity index (χ0v) is 15.8. The van der Waals surface area contributed by atoms with Crippen molar-refractivity contribution in [3.8, 4) is 0 Å². The molecular weight excluding hydrogens is 324 g/mol. The van der Waals surface area contributed by atoms with Crippen LogP contribution in [-0.2, 0) is 19.1 Å². The Labute approximate surface area is 150 Å². The Morgan fingerprint density at radius 2 is 1.44 bits per heavy atom. The lowest BCUT2D eigenvalue weighted by molar-refractivity contribution is -0.350. The molecule has 0 aromatic rings. The minimum absolute atomic E-state index is 0.0625. The lowest BCUT2D eigenvalue weighted by Crippen LogP contribution is -2.48. The van der Waals surface area contributed by atoms with E-state index >= 15 is 0 Å². The molecule has 0 spiro atoms. The maximum absolute atomic E-state index is 12.0.